The second kappa shape index (κ2) is 7.59. The van der Waals surface area contributed by atoms with Gasteiger partial charge < -0.3 is 20.3 Å². The van der Waals surface area contributed by atoms with E-state index in [-0.39, 0.29) is 28.0 Å². The average molecular weight is 381 g/mol. The summed E-state index contributed by atoms with van der Waals surface area (Å²) < 4.78 is 18.8. The van der Waals surface area contributed by atoms with E-state index in [9.17, 15) is 24.3 Å². The lowest BCUT2D eigenvalue weighted by Gasteiger charge is -2.13. The number of nitriles is 1. The minimum absolute atomic E-state index is 0.0406. The van der Waals surface area contributed by atoms with Crippen molar-refractivity contribution in [3.63, 3.8) is 0 Å². The summed E-state index contributed by atoms with van der Waals surface area (Å²) in [6, 6.07) is 11.5. The molecule has 0 saturated carbocycles. The van der Waals surface area contributed by atoms with Gasteiger partial charge in [0.05, 0.1) is 5.39 Å². The molecule has 28 heavy (non-hydrogen) atoms. The van der Waals surface area contributed by atoms with Crippen LogP contribution >= 0.6 is 0 Å². The van der Waals surface area contributed by atoms with E-state index in [0.717, 1.165) is 0 Å². The number of pyridine rings is 1. The number of aromatic nitrogens is 1. The third-order valence-corrected chi connectivity index (χ3v) is 3.73. The van der Waals surface area contributed by atoms with Crippen molar-refractivity contribution in [3.05, 3.63) is 59.7 Å². The number of nitrogens with one attached hydrogen (secondary N) is 1. The summed E-state index contributed by atoms with van der Waals surface area (Å²) in [6.07, 6.45) is 0. The van der Waals surface area contributed by atoms with Gasteiger partial charge in [0.1, 0.15) is 35.6 Å². The lowest BCUT2D eigenvalue weighted by Crippen LogP contribution is -2.30. The number of aliphatic carboxylic acids is 1. The van der Waals surface area contributed by atoms with Crippen LogP contribution in [0.25, 0.3) is 10.8 Å². The molecule has 0 aliphatic heterocycles. The second-order valence-electron chi connectivity index (χ2n) is 5.58. The first kappa shape index (κ1) is 18.6. The zero-order valence-corrected chi connectivity index (χ0v) is 14.1. The highest BCUT2D eigenvalue weighted by Crippen LogP contribution is 2.38. The van der Waals surface area contributed by atoms with Gasteiger partial charge in [-0.3, -0.25) is 9.59 Å². The smallest absolute Gasteiger partial charge is 0.322 e. The number of fused-ring (bicyclic) bond motifs is 1. The van der Waals surface area contributed by atoms with Crippen molar-refractivity contribution in [2.45, 2.75) is 0 Å². The number of hydrogen-bond acceptors (Lipinski definition) is 6. The molecular weight excluding hydrogens is 369 g/mol. The standard InChI is InChI=1S/C19H12FN3O5/c20-10-4-6-11(7-5-10)28-14-3-1-2-12-13(8-21)23-17(18(26)16(12)14)19(27)22-9-15(24)25/h1-7,26H,9H2,(H,22,27)(H,24,25). The summed E-state index contributed by atoms with van der Waals surface area (Å²) in [5, 5.41) is 31.0. The number of carbonyl (C=O) groups is 2. The predicted molar refractivity (Wildman–Crippen MR) is 94.6 cm³/mol. The maximum Gasteiger partial charge on any atom is 0.322 e. The van der Waals surface area contributed by atoms with Gasteiger partial charge in [0.15, 0.2) is 11.4 Å². The Morgan fingerprint density at radius 2 is 1.93 bits per heavy atom. The van der Waals surface area contributed by atoms with Crippen molar-refractivity contribution in [2.24, 2.45) is 0 Å². The Morgan fingerprint density at radius 3 is 2.57 bits per heavy atom. The number of amides is 1. The van der Waals surface area contributed by atoms with Gasteiger partial charge in [-0.15, -0.1) is 0 Å². The Bertz CT molecular complexity index is 1120. The molecule has 0 radical (unpaired) electrons. The van der Waals surface area contributed by atoms with Crippen LogP contribution in [0.5, 0.6) is 17.2 Å². The van der Waals surface area contributed by atoms with Crippen LogP contribution in [0.15, 0.2) is 42.5 Å². The number of ether oxygens (including phenoxy) is 1. The molecule has 0 aliphatic rings. The summed E-state index contributed by atoms with van der Waals surface area (Å²) in [5.74, 6) is -2.91. The molecule has 8 nitrogen and oxygen atoms in total. The highest BCUT2D eigenvalue weighted by molar-refractivity contribution is 6.05. The molecule has 3 rings (SSSR count). The van der Waals surface area contributed by atoms with Gasteiger partial charge in [0, 0.05) is 5.39 Å². The quantitative estimate of drug-likeness (QED) is 0.618. The summed E-state index contributed by atoms with van der Waals surface area (Å²) in [5.41, 5.74) is -0.668. The van der Waals surface area contributed by atoms with Crippen LogP contribution in [0, 0.1) is 17.1 Å². The fraction of sp³-hybridized carbons (Fsp3) is 0.0526. The molecule has 1 aromatic heterocycles. The number of nitrogens with zero attached hydrogens (tertiary/aromatic N) is 2. The molecule has 9 heteroatoms. The third-order valence-electron chi connectivity index (χ3n) is 3.73. The summed E-state index contributed by atoms with van der Waals surface area (Å²) in [6.45, 7) is -0.687. The van der Waals surface area contributed by atoms with Crippen LogP contribution < -0.4 is 10.1 Å². The van der Waals surface area contributed by atoms with E-state index in [1.54, 1.807) is 6.07 Å². The third kappa shape index (κ3) is 3.66. The van der Waals surface area contributed by atoms with Gasteiger partial charge in [-0.05, 0) is 30.3 Å². The van der Waals surface area contributed by atoms with Crippen molar-refractivity contribution in [1.82, 2.24) is 10.3 Å². The van der Waals surface area contributed by atoms with Crippen LogP contribution in [-0.2, 0) is 4.79 Å². The van der Waals surface area contributed by atoms with Crippen molar-refractivity contribution < 1.29 is 28.9 Å². The van der Waals surface area contributed by atoms with Crippen molar-refractivity contribution in [3.8, 4) is 23.3 Å². The van der Waals surface area contributed by atoms with Crippen LogP contribution in [-0.4, -0.2) is 33.6 Å². The summed E-state index contributed by atoms with van der Waals surface area (Å²) >= 11 is 0. The minimum Gasteiger partial charge on any atom is -0.505 e. The molecule has 1 amide bonds. The Labute approximate surface area is 157 Å². The first-order valence-electron chi connectivity index (χ1n) is 7.90. The fourth-order valence-corrected chi connectivity index (χ4v) is 2.51. The molecule has 0 unspecified atom stereocenters. The Morgan fingerprint density at radius 1 is 1.21 bits per heavy atom. The molecule has 1 heterocycles. The van der Waals surface area contributed by atoms with Crippen molar-refractivity contribution in [1.29, 1.82) is 5.26 Å². The Hall–Kier alpha value is -4.19. The number of halogens is 1. The molecule has 0 spiro atoms. The molecule has 0 saturated heterocycles. The molecule has 3 aromatic rings. The number of carboxylic acids is 1. The zero-order chi connectivity index (χ0) is 20.3. The number of carboxylic acid groups (broad SMARTS) is 1. The molecule has 3 N–H and O–H groups in total. The van der Waals surface area contributed by atoms with Crippen molar-refractivity contribution >= 4 is 22.6 Å². The topological polar surface area (TPSA) is 133 Å². The molecular formula is C19H12FN3O5. The van der Waals surface area contributed by atoms with E-state index >= 15 is 0 Å². The van der Waals surface area contributed by atoms with E-state index in [0.29, 0.717) is 0 Å². The molecule has 0 bridgehead atoms. The monoisotopic (exact) mass is 381 g/mol. The van der Waals surface area contributed by atoms with Gasteiger partial charge in [-0.1, -0.05) is 12.1 Å². The average Bonchev–Trinajstić information content (AvgIpc) is 2.68. The minimum atomic E-state index is -1.28. The number of benzene rings is 2. The predicted octanol–water partition coefficient (Wildman–Crippen LogP) is 2.56. The van der Waals surface area contributed by atoms with Gasteiger partial charge >= 0.3 is 5.97 Å². The zero-order valence-electron chi connectivity index (χ0n) is 14.1. The van der Waals surface area contributed by atoms with Gasteiger partial charge in [-0.25, -0.2) is 9.37 Å². The number of aromatic hydroxyl groups is 1. The first-order chi connectivity index (χ1) is 13.4. The SMILES string of the molecule is N#Cc1nc(C(=O)NCC(=O)O)c(O)c2c(Oc3ccc(F)cc3)cccc12. The highest BCUT2D eigenvalue weighted by Gasteiger charge is 2.22. The first-order valence-corrected chi connectivity index (χ1v) is 7.90. The summed E-state index contributed by atoms with van der Waals surface area (Å²) in [4.78, 5) is 26.7. The maximum absolute atomic E-state index is 13.1. The van der Waals surface area contributed by atoms with E-state index < -0.39 is 35.7 Å². The van der Waals surface area contributed by atoms with Crippen LogP contribution in [0.1, 0.15) is 16.2 Å². The number of hydrogen-bond donors (Lipinski definition) is 3. The highest BCUT2D eigenvalue weighted by atomic mass is 19.1. The Kier molecular flexibility index (Phi) is 5.04. The lowest BCUT2D eigenvalue weighted by molar-refractivity contribution is -0.135. The number of rotatable bonds is 5. The van der Waals surface area contributed by atoms with Crippen LogP contribution in [0.4, 0.5) is 4.39 Å². The molecule has 0 atom stereocenters. The van der Waals surface area contributed by atoms with E-state index in [4.69, 9.17) is 9.84 Å². The molecule has 140 valence electrons. The normalized spacial score (nSPS) is 10.3. The van der Waals surface area contributed by atoms with Crippen molar-refractivity contribution in [2.75, 3.05) is 6.54 Å². The largest absolute Gasteiger partial charge is 0.505 e. The lowest BCUT2D eigenvalue weighted by atomic mass is 10.1. The molecule has 2 aromatic carbocycles. The second-order valence-corrected chi connectivity index (χ2v) is 5.58. The Balaban J connectivity index is 2.14. The van der Waals surface area contributed by atoms with E-state index in [2.05, 4.69) is 10.3 Å². The summed E-state index contributed by atoms with van der Waals surface area (Å²) in [7, 11) is 0. The van der Waals surface area contributed by atoms with E-state index in [1.807, 2.05) is 6.07 Å². The maximum atomic E-state index is 13.1. The molecule has 0 fully saturated rings. The van der Waals surface area contributed by atoms with Crippen LogP contribution in [0.2, 0.25) is 0 Å². The fourth-order valence-electron chi connectivity index (χ4n) is 2.51. The van der Waals surface area contributed by atoms with Gasteiger partial charge in [0.25, 0.3) is 5.91 Å². The molecule has 0 aliphatic carbocycles. The van der Waals surface area contributed by atoms with E-state index in [1.165, 1.54) is 36.4 Å². The number of carbonyl (C=O) groups excluding carboxylic acids is 1. The van der Waals surface area contributed by atoms with Crippen LogP contribution in [0.3, 0.4) is 0 Å². The van der Waals surface area contributed by atoms with Gasteiger partial charge in [-0.2, -0.15) is 5.26 Å². The van der Waals surface area contributed by atoms with Gasteiger partial charge in [0.2, 0.25) is 0 Å².